The normalized spacial score (nSPS) is 15.3. The summed E-state index contributed by atoms with van der Waals surface area (Å²) in [6.07, 6.45) is 4.11. The maximum absolute atomic E-state index is 13.1. The van der Waals surface area contributed by atoms with Gasteiger partial charge in [0.05, 0.1) is 10.1 Å². The number of carbonyl (C=O) groups is 1. The van der Waals surface area contributed by atoms with Crippen molar-refractivity contribution >= 4 is 39.8 Å². The maximum atomic E-state index is 13.1. The van der Waals surface area contributed by atoms with Crippen LogP contribution in [0.1, 0.15) is 36.2 Å². The Bertz CT molecular complexity index is 1110. The molecule has 5 rings (SSSR count). The molecular weight excluding hydrogens is 376 g/mol. The molecule has 1 aliphatic rings. The van der Waals surface area contributed by atoms with Crippen molar-refractivity contribution in [1.29, 1.82) is 0 Å². The Hall–Kier alpha value is -2.38. The molecule has 0 radical (unpaired) electrons. The van der Waals surface area contributed by atoms with Gasteiger partial charge in [-0.3, -0.25) is 9.36 Å². The molecule has 1 atom stereocenters. The topological polar surface area (TPSA) is 63.6 Å². The van der Waals surface area contributed by atoms with Gasteiger partial charge in [0.15, 0.2) is 16.8 Å². The van der Waals surface area contributed by atoms with E-state index in [1.807, 2.05) is 43.5 Å². The van der Waals surface area contributed by atoms with E-state index in [0.717, 1.165) is 45.2 Å². The van der Waals surface area contributed by atoms with Crippen LogP contribution in [-0.4, -0.2) is 30.8 Å². The van der Waals surface area contributed by atoms with Crippen LogP contribution in [0.3, 0.4) is 0 Å². The van der Waals surface area contributed by atoms with Gasteiger partial charge < -0.3 is 4.98 Å². The van der Waals surface area contributed by atoms with Gasteiger partial charge in [-0.25, -0.2) is 0 Å². The first kappa shape index (κ1) is 16.8. The van der Waals surface area contributed by atoms with Crippen LogP contribution in [0.4, 0.5) is 0 Å². The average molecular weight is 395 g/mol. The Kier molecular flexibility index (Phi) is 4.13. The Balaban J connectivity index is 1.44. The van der Waals surface area contributed by atoms with Crippen molar-refractivity contribution in [3.63, 3.8) is 0 Å². The van der Waals surface area contributed by atoms with Crippen molar-refractivity contribution in [3.8, 4) is 10.7 Å². The van der Waals surface area contributed by atoms with E-state index in [0.29, 0.717) is 6.04 Å². The third-order valence-electron chi connectivity index (χ3n) is 4.82. The summed E-state index contributed by atoms with van der Waals surface area (Å²) >= 11 is 3.17. The number of nitrogens with zero attached hydrogens (tertiary/aromatic N) is 3. The number of thioether (sulfide) groups is 1. The summed E-state index contributed by atoms with van der Waals surface area (Å²) in [5.74, 6) is 1.03. The lowest BCUT2D eigenvalue weighted by Gasteiger charge is -2.11. The van der Waals surface area contributed by atoms with Gasteiger partial charge in [0.2, 0.25) is 0 Å². The highest BCUT2D eigenvalue weighted by molar-refractivity contribution is 8.00. The van der Waals surface area contributed by atoms with Gasteiger partial charge in [-0.05, 0) is 37.3 Å². The van der Waals surface area contributed by atoms with E-state index < -0.39 is 0 Å². The quantitative estimate of drug-likeness (QED) is 0.361. The van der Waals surface area contributed by atoms with Crippen LogP contribution < -0.4 is 0 Å². The number of hydrogen-bond acceptors (Lipinski definition) is 5. The van der Waals surface area contributed by atoms with Crippen molar-refractivity contribution < 1.29 is 4.79 Å². The van der Waals surface area contributed by atoms with Gasteiger partial charge in [0.1, 0.15) is 0 Å². The second-order valence-corrected chi connectivity index (χ2v) is 9.01. The standard InChI is InChI=1S/C20H18N4OS2/c1-12(18(25)15-11-21-16-6-3-2-5-14(15)16)27-20-23-22-19(17-7-4-10-26-17)24(20)13-8-9-13/h2-7,10-13,21H,8-9H2,1H3. The highest BCUT2D eigenvalue weighted by Crippen LogP contribution is 2.42. The summed E-state index contributed by atoms with van der Waals surface area (Å²) in [5.41, 5.74) is 1.72. The Morgan fingerprint density at radius 1 is 1.26 bits per heavy atom. The van der Waals surface area contributed by atoms with Gasteiger partial charge in [-0.2, -0.15) is 0 Å². The molecule has 0 amide bonds. The number of hydrogen-bond donors (Lipinski definition) is 1. The zero-order valence-corrected chi connectivity index (χ0v) is 16.4. The first-order valence-corrected chi connectivity index (χ1v) is 10.7. The van der Waals surface area contributed by atoms with Crippen LogP contribution in [0.5, 0.6) is 0 Å². The molecule has 4 aromatic rings. The number of carbonyl (C=O) groups excluding carboxylic acids is 1. The molecule has 7 heteroatoms. The molecular formula is C20H18N4OS2. The van der Waals surface area contributed by atoms with Crippen LogP contribution in [0.15, 0.2) is 53.1 Å². The fraction of sp³-hybridized carbons (Fsp3) is 0.250. The number of H-pyrrole nitrogens is 1. The highest BCUT2D eigenvalue weighted by atomic mass is 32.2. The molecule has 0 saturated heterocycles. The summed E-state index contributed by atoms with van der Waals surface area (Å²) in [7, 11) is 0. The van der Waals surface area contributed by atoms with E-state index in [9.17, 15) is 4.79 Å². The molecule has 3 heterocycles. The molecule has 1 fully saturated rings. The van der Waals surface area contributed by atoms with E-state index >= 15 is 0 Å². The van der Waals surface area contributed by atoms with Gasteiger partial charge in [-0.15, -0.1) is 21.5 Å². The molecule has 27 heavy (non-hydrogen) atoms. The maximum Gasteiger partial charge on any atom is 0.192 e. The third-order valence-corrected chi connectivity index (χ3v) is 6.75. The molecule has 0 bridgehead atoms. The third kappa shape index (κ3) is 3.00. The van der Waals surface area contributed by atoms with Crippen molar-refractivity contribution in [3.05, 3.63) is 53.5 Å². The fourth-order valence-electron chi connectivity index (χ4n) is 3.30. The zero-order chi connectivity index (χ0) is 18.4. The van der Waals surface area contributed by atoms with Crippen molar-refractivity contribution in [2.24, 2.45) is 0 Å². The molecule has 1 N–H and O–H groups in total. The number of fused-ring (bicyclic) bond motifs is 1. The summed E-state index contributed by atoms with van der Waals surface area (Å²) in [5, 5.41) is 12.5. The summed E-state index contributed by atoms with van der Waals surface area (Å²) in [4.78, 5) is 17.4. The van der Waals surface area contributed by atoms with Crippen molar-refractivity contribution in [1.82, 2.24) is 19.7 Å². The number of rotatable bonds is 6. The SMILES string of the molecule is CC(Sc1nnc(-c2cccs2)n1C1CC1)C(=O)c1c[nH]c2ccccc12. The van der Waals surface area contributed by atoms with Crippen molar-refractivity contribution in [2.45, 2.75) is 36.2 Å². The van der Waals surface area contributed by atoms with E-state index in [4.69, 9.17) is 0 Å². The smallest absolute Gasteiger partial charge is 0.192 e. The molecule has 1 aliphatic carbocycles. The number of thiophene rings is 1. The molecule has 1 unspecified atom stereocenters. The number of Topliss-reactive ketones (excluding diaryl/α,β-unsaturated/α-hetero) is 1. The molecule has 5 nitrogen and oxygen atoms in total. The van der Waals surface area contributed by atoms with Gasteiger partial charge >= 0.3 is 0 Å². The lowest BCUT2D eigenvalue weighted by Crippen LogP contribution is -2.14. The van der Waals surface area contributed by atoms with E-state index in [-0.39, 0.29) is 11.0 Å². The average Bonchev–Trinajstić information content (AvgIpc) is 3.11. The predicted molar refractivity (Wildman–Crippen MR) is 110 cm³/mol. The lowest BCUT2D eigenvalue weighted by atomic mass is 10.1. The number of para-hydroxylation sites is 1. The molecule has 136 valence electrons. The second kappa shape index (κ2) is 6.65. The number of aromatic nitrogens is 4. The Morgan fingerprint density at radius 2 is 2.11 bits per heavy atom. The number of aromatic amines is 1. The van der Waals surface area contributed by atoms with Crippen molar-refractivity contribution in [2.75, 3.05) is 0 Å². The molecule has 1 saturated carbocycles. The molecule has 3 aromatic heterocycles. The first-order valence-electron chi connectivity index (χ1n) is 8.98. The van der Waals surface area contributed by atoms with Crippen LogP contribution in [0.2, 0.25) is 0 Å². The van der Waals surface area contributed by atoms with Gasteiger partial charge in [-0.1, -0.05) is 36.0 Å². The van der Waals surface area contributed by atoms with Gasteiger partial charge in [0, 0.05) is 28.7 Å². The van der Waals surface area contributed by atoms with Crippen LogP contribution in [0, 0.1) is 0 Å². The monoisotopic (exact) mass is 394 g/mol. The second-order valence-electron chi connectivity index (χ2n) is 6.76. The highest BCUT2D eigenvalue weighted by Gasteiger charge is 2.32. The van der Waals surface area contributed by atoms with Gasteiger partial charge in [0.25, 0.3) is 0 Å². The number of nitrogens with one attached hydrogen (secondary N) is 1. The van der Waals surface area contributed by atoms with E-state index in [2.05, 4.69) is 31.2 Å². The minimum absolute atomic E-state index is 0.112. The largest absolute Gasteiger partial charge is 0.360 e. The van der Waals surface area contributed by atoms with Crippen LogP contribution in [-0.2, 0) is 0 Å². The molecule has 0 spiro atoms. The Morgan fingerprint density at radius 3 is 2.89 bits per heavy atom. The summed E-state index contributed by atoms with van der Waals surface area (Å²) in [6.45, 7) is 1.95. The lowest BCUT2D eigenvalue weighted by molar-refractivity contribution is 0.0995. The van der Waals surface area contributed by atoms with E-state index in [1.165, 1.54) is 11.8 Å². The predicted octanol–water partition coefficient (Wildman–Crippen LogP) is 5.19. The van der Waals surface area contributed by atoms with Crippen LogP contribution >= 0.6 is 23.1 Å². The minimum atomic E-state index is -0.234. The number of benzene rings is 1. The summed E-state index contributed by atoms with van der Waals surface area (Å²) in [6, 6.07) is 12.5. The number of ketones is 1. The molecule has 0 aliphatic heterocycles. The zero-order valence-electron chi connectivity index (χ0n) is 14.8. The molecule has 1 aromatic carbocycles. The fourth-order valence-corrected chi connectivity index (χ4v) is 4.99. The van der Waals surface area contributed by atoms with Crippen LogP contribution in [0.25, 0.3) is 21.6 Å². The van der Waals surface area contributed by atoms with E-state index in [1.54, 1.807) is 11.3 Å². The first-order chi connectivity index (χ1) is 13.2. The summed E-state index contributed by atoms with van der Waals surface area (Å²) < 4.78 is 2.22. The minimum Gasteiger partial charge on any atom is -0.360 e. The Labute approximate surface area is 164 Å².